The van der Waals surface area contributed by atoms with Gasteiger partial charge in [0.15, 0.2) is 0 Å². The zero-order valence-corrected chi connectivity index (χ0v) is 17.8. The number of carbonyl (C=O) groups is 1. The molecule has 0 aromatic heterocycles. The summed E-state index contributed by atoms with van der Waals surface area (Å²) < 4.78 is 42.0. The summed E-state index contributed by atoms with van der Waals surface area (Å²) in [6, 6.07) is 5.68. The molecule has 0 aliphatic carbocycles. The van der Waals surface area contributed by atoms with Gasteiger partial charge in [0.05, 0.1) is 6.04 Å². The van der Waals surface area contributed by atoms with Gasteiger partial charge in [0, 0.05) is 45.8 Å². The predicted octanol–water partition coefficient (Wildman–Crippen LogP) is 1.57. The predicted molar refractivity (Wildman–Crippen MR) is 110 cm³/mol. The molecular formula is C20H31FN4O3S. The van der Waals surface area contributed by atoms with Crippen LogP contribution >= 0.6 is 0 Å². The van der Waals surface area contributed by atoms with E-state index in [9.17, 15) is 17.6 Å². The average molecular weight is 427 g/mol. The number of benzene rings is 1. The molecule has 1 aromatic rings. The summed E-state index contributed by atoms with van der Waals surface area (Å²) in [5.41, 5.74) is 0.834. The monoisotopic (exact) mass is 426 g/mol. The lowest BCUT2D eigenvalue weighted by atomic mass is 10.2. The Kier molecular flexibility index (Phi) is 7.61. The Hall–Kier alpha value is -1.55. The highest BCUT2D eigenvalue weighted by Gasteiger charge is 2.34. The summed E-state index contributed by atoms with van der Waals surface area (Å²) in [5, 5.41) is 2.87. The van der Waals surface area contributed by atoms with Crippen LogP contribution in [0.1, 0.15) is 38.2 Å². The van der Waals surface area contributed by atoms with Gasteiger partial charge >= 0.3 is 0 Å². The first-order valence-electron chi connectivity index (χ1n) is 10.4. The maximum Gasteiger partial charge on any atom is 0.282 e. The van der Waals surface area contributed by atoms with Gasteiger partial charge in [-0.1, -0.05) is 25.0 Å². The van der Waals surface area contributed by atoms with Crippen molar-refractivity contribution >= 4 is 16.1 Å². The van der Waals surface area contributed by atoms with Crippen LogP contribution in [0.15, 0.2) is 24.3 Å². The van der Waals surface area contributed by atoms with Gasteiger partial charge in [0.25, 0.3) is 10.2 Å². The molecule has 2 aliphatic heterocycles. The van der Waals surface area contributed by atoms with E-state index < -0.39 is 10.2 Å². The van der Waals surface area contributed by atoms with Gasteiger partial charge in [-0.05, 0) is 37.5 Å². The first kappa shape index (κ1) is 22.1. The van der Waals surface area contributed by atoms with Crippen molar-refractivity contribution in [2.24, 2.45) is 0 Å². The van der Waals surface area contributed by atoms with Crippen molar-refractivity contribution in [3.63, 3.8) is 0 Å². The fraction of sp³-hybridized carbons (Fsp3) is 0.650. The molecule has 2 aliphatic rings. The Labute approximate surface area is 173 Å². The van der Waals surface area contributed by atoms with E-state index in [-0.39, 0.29) is 17.8 Å². The van der Waals surface area contributed by atoms with Crippen molar-refractivity contribution in [2.75, 3.05) is 39.3 Å². The van der Waals surface area contributed by atoms with Crippen LogP contribution in [0.3, 0.4) is 0 Å². The minimum absolute atomic E-state index is 0.113. The highest BCUT2D eigenvalue weighted by atomic mass is 32.2. The van der Waals surface area contributed by atoms with Crippen LogP contribution in [0.2, 0.25) is 0 Å². The van der Waals surface area contributed by atoms with E-state index in [1.807, 2.05) is 11.8 Å². The van der Waals surface area contributed by atoms with Crippen LogP contribution in [0, 0.1) is 5.82 Å². The number of piperazine rings is 1. The fourth-order valence-electron chi connectivity index (χ4n) is 3.86. The molecule has 2 saturated heterocycles. The average Bonchev–Trinajstić information content (AvgIpc) is 3.03. The molecular weight excluding hydrogens is 395 g/mol. The standard InChI is InChI=1S/C20H31FN4O3S/c1-17(20(26)22-16-18-6-8-19(21)9-7-18)23-12-14-25(15-13-23)29(27,28)24-10-4-2-3-5-11-24/h6-9,17H,2-5,10-16H2,1H3,(H,22,26). The molecule has 1 amide bonds. The van der Waals surface area contributed by atoms with E-state index >= 15 is 0 Å². The molecule has 2 fully saturated rings. The summed E-state index contributed by atoms with van der Waals surface area (Å²) in [6.45, 7) is 5.22. The SMILES string of the molecule is CC(C(=O)NCc1ccc(F)cc1)N1CCN(S(=O)(=O)N2CCCCCC2)CC1. The second-order valence-corrected chi connectivity index (χ2v) is 9.70. The fourth-order valence-corrected chi connectivity index (χ4v) is 5.53. The number of nitrogens with one attached hydrogen (secondary N) is 1. The first-order chi connectivity index (χ1) is 13.9. The number of carbonyl (C=O) groups excluding carboxylic acids is 1. The Morgan fingerprint density at radius 1 is 0.966 bits per heavy atom. The van der Waals surface area contributed by atoms with E-state index in [2.05, 4.69) is 5.32 Å². The van der Waals surface area contributed by atoms with E-state index in [0.717, 1.165) is 31.2 Å². The smallest absolute Gasteiger partial charge is 0.282 e. The molecule has 7 nitrogen and oxygen atoms in total. The summed E-state index contributed by atoms with van der Waals surface area (Å²) in [5.74, 6) is -0.417. The van der Waals surface area contributed by atoms with E-state index in [0.29, 0.717) is 45.8 Å². The van der Waals surface area contributed by atoms with Gasteiger partial charge in [-0.3, -0.25) is 9.69 Å². The number of nitrogens with zero attached hydrogens (tertiary/aromatic N) is 3. The number of amides is 1. The Morgan fingerprint density at radius 2 is 1.52 bits per heavy atom. The van der Waals surface area contributed by atoms with Crippen molar-refractivity contribution in [3.05, 3.63) is 35.6 Å². The first-order valence-corrected chi connectivity index (χ1v) is 11.8. The number of hydrogen-bond acceptors (Lipinski definition) is 4. The molecule has 0 bridgehead atoms. The second kappa shape index (κ2) is 9.97. The third-order valence-corrected chi connectivity index (χ3v) is 7.83. The molecule has 1 unspecified atom stereocenters. The lowest BCUT2D eigenvalue weighted by molar-refractivity contribution is -0.126. The lowest BCUT2D eigenvalue weighted by Gasteiger charge is -2.38. The molecule has 0 spiro atoms. The summed E-state index contributed by atoms with van der Waals surface area (Å²) in [6.07, 6.45) is 4.02. The number of rotatable bonds is 6. The molecule has 3 rings (SSSR count). The van der Waals surface area contributed by atoms with Crippen molar-refractivity contribution in [1.29, 1.82) is 0 Å². The van der Waals surface area contributed by atoms with Crippen molar-refractivity contribution in [3.8, 4) is 0 Å². The third kappa shape index (κ3) is 5.75. The van der Waals surface area contributed by atoms with Gasteiger partial charge in [-0.2, -0.15) is 17.0 Å². The normalized spacial score (nSPS) is 21.4. The molecule has 1 atom stereocenters. The topological polar surface area (TPSA) is 73.0 Å². The molecule has 1 aromatic carbocycles. The molecule has 29 heavy (non-hydrogen) atoms. The summed E-state index contributed by atoms with van der Waals surface area (Å²) >= 11 is 0. The van der Waals surface area contributed by atoms with Crippen molar-refractivity contribution in [2.45, 2.75) is 45.2 Å². The van der Waals surface area contributed by atoms with Gasteiger partial charge in [-0.25, -0.2) is 4.39 Å². The zero-order chi connectivity index (χ0) is 20.9. The van der Waals surface area contributed by atoms with Crippen LogP contribution in [-0.4, -0.2) is 73.1 Å². The zero-order valence-electron chi connectivity index (χ0n) is 17.0. The largest absolute Gasteiger partial charge is 0.351 e. The Morgan fingerprint density at radius 3 is 2.10 bits per heavy atom. The molecule has 162 valence electrons. The highest BCUT2D eigenvalue weighted by Crippen LogP contribution is 2.18. The van der Waals surface area contributed by atoms with E-state index in [4.69, 9.17) is 0 Å². The maximum absolute atomic E-state index is 13.0. The quantitative estimate of drug-likeness (QED) is 0.750. The maximum atomic E-state index is 13.0. The molecule has 2 heterocycles. The summed E-state index contributed by atoms with van der Waals surface area (Å²) in [7, 11) is -3.42. The summed E-state index contributed by atoms with van der Waals surface area (Å²) in [4.78, 5) is 14.5. The van der Waals surface area contributed by atoms with Crippen molar-refractivity contribution in [1.82, 2.24) is 18.8 Å². The van der Waals surface area contributed by atoms with E-state index in [1.165, 1.54) is 12.1 Å². The Balaban J connectivity index is 1.48. The van der Waals surface area contributed by atoms with Crippen LogP contribution in [0.4, 0.5) is 4.39 Å². The van der Waals surface area contributed by atoms with Gasteiger partial charge in [0.1, 0.15) is 5.82 Å². The van der Waals surface area contributed by atoms with Gasteiger partial charge in [0.2, 0.25) is 5.91 Å². The highest BCUT2D eigenvalue weighted by molar-refractivity contribution is 7.86. The molecule has 9 heteroatoms. The van der Waals surface area contributed by atoms with Crippen LogP contribution in [0.25, 0.3) is 0 Å². The third-order valence-electron chi connectivity index (χ3n) is 5.80. The number of halogens is 1. The van der Waals surface area contributed by atoms with Gasteiger partial charge in [-0.15, -0.1) is 0 Å². The number of hydrogen-bond donors (Lipinski definition) is 1. The molecule has 0 saturated carbocycles. The van der Waals surface area contributed by atoms with Crippen LogP contribution in [0.5, 0.6) is 0 Å². The minimum atomic E-state index is -3.42. The minimum Gasteiger partial charge on any atom is -0.351 e. The van der Waals surface area contributed by atoms with Gasteiger partial charge < -0.3 is 5.32 Å². The van der Waals surface area contributed by atoms with Crippen LogP contribution in [-0.2, 0) is 21.5 Å². The molecule has 1 N–H and O–H groups in total. The lowest BCUT2D eigenvalue weighted by Crippen LogP contribution is -2.57. The van der Waals surface area contributed by atoms with Crippen molar-refractivity contribution < 1.29 is 17.6 Å². The van der Waals surface area contributed by atoms with E-state index in [1.54, 1.807) is 20.7 Å². The molecule has 0 radical (unpaired) electrons. The van der Waals surface area contributed by atoms with Crippen LogP contribution < -0.4 is 5.32 Å². The Bertz CT molecular complexity index is 771. The second-order valence-electron chi connectivity index (χ2n) is 7.78.